The number of ether oxygens (including phenoxy) is 2. The fourth-order valence-electron chi connectivity index (χ4n) is 1.38. The van der Waals surface area contributed by atoms with Crippen LogP contribution in [0.3, 0.4) is 0 Å². The maximum atomic E-state index is 11.5. The molecule has 1 unspecified atom stereocenters. The van der Waals surface area contributed by atoms with Crippen LogP contribution >= 0.6 is 0 Å². The highest BCUT2D eigenvalue weighted by Gasteiger charge is 2.15. The molecule has 0 aliphatic heterocycles. The minimum absolute atomic E-state index is 0.301. The molecule has 0 aliphatic carbocycles. The topological polar surface area (TPSA) is 52.6 Å². The highest BCUT2D eigenvalue weighted by atomic mass is 16.6. The average Bonchev–Trinajstić information content (AvgIpc) is 2.38. The molecule has 0 saturated carbocycles. The molecule has 102 valence electrons. The molecule has 0 amide bonds. The molecular formula is C14H22O4. The second kappa shape index (κ2) is 9.45. The van der Waals surface area contributed by atoms with Gasteiger partial charge in [-0.15, -0.1) is 0 Å². The molecule has 0 aromatic carbocycles. The zero-order valence-corrected chi connectivity index (χ0v) is 11.2. The summed E-state index contributed by atoms with van der Waals surface area (Å²) in [5.74, 6) is -1.36. The second-order valence-electron chi connectivity index (χ2n) is 4.06. The summed E-state index contributed by atoms with van der Waals surface area (Å²) in [5, 5.41) is 0. The van der Waals surface area contributed by atoms with Crippen molar-refractivity contribution in [1.29, 1.82) is 0 Å². The summed E-state index contributed by atoms with van der Waals surface area (Å²) >= 11 is 0. The monoisotopic (exact) mass is 254 g/mol. The van der Waals surface area contributed by atoms with Gasteiger partial charge >= 0.3 is 11.9 Å². The molecule has 0 aromatic heterocycles. The van der Waals surface area contributed by atoms with Crippen LogP contribution in [0.1, 0.15) is 39.5 Å². The summed E-state index contributed by atoms with van der Waals surface area (Å²) in [5.41, 5.74) is 0. The number of esters is 2. The van der Waals surface area contributed by atoms with Crippen molar-refractivity contribution in [3.63, 3.8) is 0 Å². The zero-order valence-electron chi connectivity index (χ0n) is 11.2. The van der Waals surface area contributed by atoms with E-state index >= 15 is 0 Å². The molecule has 0 aromatic rings. The van der Waals surface area contributed by atoms with Crippen LogP contribution in [-0.2, 0) is 19.1 Å². The SMILES string of the molecule is C=CC(=O)OC(=C)C(=O)OCC(CC)CCCC. The fourth-order valence-corrected chi connectivity index (χ4v) is 1.38. The van der Waals surface area contributed by atoms with E-state index in [-0.39, 0.29) is 5.76 Å². The first kappa shape index (κ1) is 16.4. The van der Waals surface area contributed by atoms with Crippen molar-refractivity contribution in [1.82, 2.24) is 0 Å². The summed E-state index contributed by atoms with van der Waals surface area (Å²) in [6.07, 6.45) is 5.18. The Kier molecular flexibility index (Phi) is 8.62. The smallest absolute Gasteiger partial charge is 0.373 e. The van der Waals surface area contributed by atoms with Crippen LogP contribution in [0.15, 0.2) is 25.0 Å². The van der Waals surface area contributed by atoms with Crippen LogP contribution in [-0.4, -0.2) is 18.5 Å². The van der Waals surface area contributed by atoms with Crippen molar-refractivity contribution in [2.24, 2.45) is 5.92 Å². The van der Waals surface area contributed by atoms with E-state index in [1.165, 1.54) is 0 Å². The normalized spacial score (nSPS) is 11.4. The Hall–Kier alpha value is -1.58. The Morgan fingerprint density at radius 2 is 2.00 bits per heavy atom. The highest BCUT2D eigenvalue weighted by molar-refractivity contribution is 5.91. The van der Waals surface area contributed by atoms with E-state index in [9.17, 15) is 9.59 Å². The van der Waals surface area contributed by atoms with Crippen molar-refractivity contribution in [2.45, 2.75) is 39.5 Å². The van der Waals surface area contributed by atoms with Gasteiger partial charge < -0.3 is 9.47 Å². The van der Waals surface area contributed by atoms with Gasteiger partial charge in [-0.25, -0.2) is 9.59 Å². The number of unbranched alkanes of at least 4 members (excludes halogenated alkanes) is 1. The van der Waals surface area contributed by atoms with Crippen LogP contribution in [0.25, 0.3) is 0 Å². The lowest BCUT2D eigenvalue weighted by Gasteiger charge is -2.14. The van der Waals surface area contributed by atoms with Gasteiger partial charge in [0.25, 0.3) is 0 Å². The summed E-state index contributed by atoms with van der Waals surface area (Å²) in [4.78, 5) is 22.3. The van der Waals surface area contributed by atoms with Gasteiger partial charge in [0.15, 0.2) is 0 Å². The number of hydrogen-bond acceptors (Lipinski definition) is 4. The Morgan fingerprint density at radius 1 is 1.33 bits per heavy atom. The van der Waals surface area contributed by atoms with Crippen molar-refractivity contribution in [3.05, 3.63) is 25.0 Å². The van der Waals surface area contributed by atoms with Gasteiger partial charge in [0.05, 0.1) is 6.61 Å². The van der Waals surface area contributed by atoms with Crippen LogP contribution in [0.4, 0.5) is 0 Å². The lowest BCUT2D eigenvalue weighted by molar-refractivity contribution is -0.150. The number of hydrogen-bond donors (Lipinski definition) is 0. The van der Waals surface area contributed by atoms with Crippen LogP contribution < -0.4 is 0 Å². The number of rotatable bonds is 9. The molecule has 0 heterocycles. The predicted molar refractivity (Wildman–Crippen MR) is 69.7 cm³/mol. The minimum atomic E-state index is -0.713. The number of carbonyl (C=O) groups is 2. The third-order valence-corrected chi connectivity index (χ3v) is 2.61. The quantitative estimate of drug-likeness (QED) is 0.360. The van der Waals surface area contributed by atoms with E-state index in [0.717, 1.165) is 31.8 Å². The molecule has 4 heteroatoms. The molecule has 0 fully saturated rings. The summed E-state index contributed by atoms with van der Waals surface area (Å²) in [6, 6.07) is 0. The summed E-state index contributed by atoms with van der Waals surface area (Å²) in [6.45, 7) is 11.1. The first-order valence-corrected chi connectivity index (χ1v) is 6.25. The van der Waals surface area contributed by atoms with E-state index in [1.807, 2.05) is 0 Å². The molecule has 0 saturated heterocycles. The van der Waals surface area contributed by atoms with E-state index in [4.69, 9.17) is 4.74 Å². The van der Waals surface area contributed by atoms with Gasteiger partial charge in [-0.1, -0.05) is 39.7 Å². The van der Waals surface area contributed by atoms with Crippen molar-refractivity contribution < 1.29 is 19.1 Å². The van der Waals surface area contributed by atoms with Gasteiger partial charge in [-0.05, 0) is 18.9 Å². The number of carbonyl (C=O) groups excluding carboxylic acids is 2. The molecular weight excluding hydrogens is 232 g/mol. The van der Waals surface area contributed by atoms with Crippen molar-refractivity contribution in [3.8, 4) is 0 Å². The Balaban J connectivity index is 4.03. The lowest BCUT2D eigenvalue weighted by atomic mass is 10.0. The Bertz CT molecular complexity index is 307. The third-order valence-electron chi connectivity index (χ3n) is 2.61. The Morgan fingerprint density at radius 3 is 2.50 bits per heavy atom. The third kappa shape index (κ3) is 6.89. The Labute approximate surface area is 109 Å². The van der Waals surface area contributed by atoms with Gasteiger partial charge in [-0.3, -0.25) is 0 Å². The van der Waals surface area contributed by atoms with Crippen LogP contribution in [0.2, 0.25) is 0 Å². The molecule has 0 aliphatic rings. The molecule has 0 spiro atoms. The van der Waals surface area contributed by atoms with Crippen LogP contribution in [0, 0.1) is 5.92 Å². The van der Waals surface area contributed by atoms with Gasteiger partial charge in [0.1, 0.15) is 0 Å². The highest BCUT2D eigenvalue weighted by Crippen LogP contribution is 2.13. The molecule has 1 atom stereocenters. The molecule has 0 N–H and O–H groups in total. The summed E-state index contributed by atoms with van der Waals surface area (Å²) in [7, 11) is 0. The largest absolute Gasteiger partial charge is 0.460 e. The second-order valence-corrected chi connectivity index (χ2v) is 4.06. The standard InChI is InChI=1S/C14H22O4/c1-5-8-9-12(6-2)10-17-14(16)11(4)18-13(15)7-3/h7,12H,3-6,8-10H2,1-2H3. The lowest BCUT2D eigenvalue weighted by Crippen LogP contribution is -2.17. The molecule has 0 rings (SSSR count). The van der Waals surface area contributed by atoms with Crippen molar-refractivity contribution >= 4 is 11.9 Å². The van der Waals surface area contributed by atoms with Crippen LogP contribution in [0.5, 0.6) is 0 Å². The summed E-state index contributed by atoms with van der Waals surface area (Å²) < 4.78 is 9.63. The van der Waals surface area contributed by atoms with E-state index < -0.39 is 11.9 Å². The van der Waals surface area contributed by atoms with E-state index in [0.29, 0.717) is 12.5 Å². The zero-order chi connectivity index (χ0) is 14.0. The predicted octanol–water partition coefficient (Wildman–Crippen LogP) is 2.99. The van der Waals surface area contributed by atoms with Crippen molar-refractivity contribution in [2.75, 3.05) is 6.61 Å². The van der Waals surface area contributed by atoms with E-state index in [2.05, 4.69) is 31.7 Å². The molecule has 0 radical (unpaired) electrons. The molecule has 4 nitrogen and oxygen atoms in total. The first-order chi connectivity index (χ1) is 8.54. The maximum absolute atomic E-state index is 11.5. The minimum Gasteiger partial charge on any atom is -0.460 e. The molecule has 18 heavy (non-hydrogen) atoms. The van der Waals surface area contributed by atoms with Gasteiger partial charge in [0, 0.05) is 6.08 Å². The average molecular weight is 254 g/mol. The first-order valence-electron chi connectivity index (χ1n) is 6.25. The van der Waals surface area contributed by atoms with Gasteiger partial charge in [-0.2, -0.15) is 0 Å². The van der Waals surface area contributed by atoms with E-state index in [1.54, 1.807) is 0 Å². The van der Waals surface area contributed by atoms with Gasteiger partial charge in [0.2, 0.25) is 5.76 Å². The maximum Gasteiger partial charge on any atom is 0.373 e. The fraction of sp³-hybridized carbons (Fsp3) is 0.571. The molecule has 0 bridgehead atoms.